The van der Waals surface area contributed by atoms with Crippen molar-refractivity contribution in [2.75, 3.05) is 0 Å². The molecule has 2 aliphatic rings. The Bertz CT molecular complexity index is 1140. The van der Waals surface area contributed by atoms with Crippen molar-refractivity contribution in [3.05, 3.63) is 59.2 Å². The number of rotatable bonds is 10. The van der Waals surface area contributed by atoms with Gasteiger partial charge in [0.2, 0.25) is 9.84 Å². The zero-order chi connectivity index (χ0) is 23.8. The molecule has 0 amide bonds. The number of aliphatic hydroxyl groups is 1. The number of H-pyrrole nitrogens is 1. The molecule has 0 spiro atoms. The van der Waals surface area contributed by atoms with E-state index >= 15 is 0 Å². The third-order valence-corrected chi connectivity index (χ3v) is 8.89. The van der Waals surface area contributed by atoms with Crippen molar-refractivity contribution in [3.8, 4) is 0 Å². The lowest BCUT2D eigenvalue weighted by atomic mass is 9.82. The SMILES string of the molecule is CCCC1(CCC)OC(=O)C(C(c2cccc(C(C)S(=O)(=O)c3c[nH]cn3)c2)C2CC2)=C1O. The minimum atomic E-state index is -3.67. The molecule has 33 heavy (non-hydrogen) atoms. The number of ether oxygens (including phenoxy) is 1. The standard InChI is InChI=1S/C25H32N2O5S/c1-4-11-25(12-5-2)23(28)22(24(29)32-25)21(17-9-10-17)19-8-6-7-18(13-19)16(3)33(30,31)20-14-26-15-27-20/h6-8,13-17,21,28H,4-5,9-12H2,1-3H3,(H,26,27). The number of carbonyl (C=O) groups is 1. The minimum absolute atomic E-state index is 0.00258. The molecule has 1 aliphatic carbocycles. The molecule has 178 valence electrons. The minimum Gasteiger partial charge on any atom is -0.507 e. The first-order chi connectivity index (χ1) is 15.7. The number of aliphatic hydroxyl groups excluding tert-OH is 1. The highest BCUT2D eigenvalue weighted by atomic mass is 32.2. The number of hydrogen-bond acceptors (Lipinski definition) is 6. The Hall–Kier alpha value is -2.61. The second kappa shape index (κ2) is 8.97. The highest BCUT2D eigenvalue weighted by Crippen LogP contribution is 2.52. The van der Waals surface area contributed by atoms with Gasteiger partial charge in [-0.1, -0.05) is 51.0 Å². The maximum Gasteiger partial charge on any atom is 0.339 e. The highest BCUT2D eigenvalue weighted by Gasteiger charge is 2.51. The lowest BCUT2D eigenvalue weighted by Gasteiger charge is -2.27. The Morgan fingerprint density at radius 2 is 1.88 bits per heavy atom. The van der Waals surface area contributed by atoms with Gasteiger partial charge in [0.1, 0.15) is 5.76 Å². The molecule has 1 aromatic carbocycles. The molecule has 1 fully saturated rings. The van der Waals surface area contributed by atoms with Gasteiger partial charge < -0.3 is 14.8 Å². The quantitative estimate of drug-likeness (QED) is 0.463. The van der Waals surface area contributed by atoms with E-state index in [0.717, 1.165) is 31.2 Å². The number of esters is 1. The summed E-state index contributed by atoms with van der Waals surface area (Å²) in [5.74, 6) is -0.472. The molecule has 4 rings (SSSR count). The van der Waals surface area contributed by atoms with Crippen LogP contribution in [0.4, 0.5) is 0 Å². The van der Waals surface area contributed by atoms with Gasteiger partial charge in [-0.3, -0.25) is 0 Å². The zero-order valence-electron chi connectivity index (χ0n) is 19.4. The Labute approximate surface area is 195 Å². The lowest BCUT2D eigenvalue weighted by Crippen LogP contribution is -2.31. The summed E-state index contributed by atoms with van der Waals surface area (Å²) >= 11 is 0. The molecule has 0 bridgehead atoms. The predicted octanol–water partition coefficient (Wildman–Crippen LogP) is 5.15. The van der Waals surface area contributed by atoms with Gasteiger partial charge >= 0.3 is 5.97 Å². The van der Waals surface area contributed by atoms with Crippen LogP contribution in [0.3, 0.4) is 0 Å². The summed E-state index contributed by atoms with van der Waals surface area (Å²) in [6.45, 7) is 5.67. The number of carbonyl (C=O) groups excluding carboxylic acids is 1. The lowest BCUT2D eigenvalue weighted by molar-refractivity contribution is -0.149. The molecule has 2 heterocycles. The van der Waals surface area contributed by atoms with Crippen molar-refractivity contribution < 1.29 is 23.1 Å². The maximum absolute atomic E-state index is 13.1. The fourth-order valence-electron chi connectivity index (χ4n) is 5.04. The largest absolute Gasteiger partial charge is 0.507 e. The molecule has 2 atom stereocenters. The Kier molecular flexibility index (Phi) is 6.40. The van der Waals surface area contributed by atoms with Crippen molar-refractivity contribution in [2.24, 2.45) is 5.92 Å². The summed E-state index contributed by atoms with van der Waals surface area (Å²) in [5.41, 5.74) is 0.860. The van der Waals surface area contributed by atoms with Crippen molar-refractivity contribution in [1.29, 1.82) is 0 Å². The summed E-state index contributed by atoms with van der Waals surface area (Å²) in [6.07, 6.45) is 7.37. The number of aromatic amines is 1. The van der Waals surface area contributed by atoms with Gasteiger partial charge in [0.05, 0.1) is 17.2 Å². The van der Waals surface area contributed by atoms with Crippen LogP contribution in [-0.2, 0) is 19.4 Å². The van der Waals surface area contributed by atoms with Crippen molar-refractivity contribution in [2.45, 2.75) is 81.1 Å². The smallest absolute Gasteiger partial charge is 0.339 e. The molecule has 2 aromatic rings. The fraction of sp³-hybridized carbons (Fsp3) is 0.520. The highest BCUT2D eigenvalue weighted by molar-refractivity contribution is 7.91. The van der Waals surface area contributed by atoms with Crippen LogP contribution < -0.4 is 0 Å². The van der Waals surface area contributed by atoms with Gasteiger partial charge in [0.25, 0.3) is 0 Å². The number of imidazole rings is 1. The molecule has 0 saturated heterocycles. The van der Waals surface area contributed by atoms with E-state index in [2.05, 4.69) is 9.97 Å². The molecule has 1 aliphatic heterocycles. The number of nitrogens with zero attached hydrogens (tertiary/aromatic N) is 1. The van der Waals surface area contributed by atoms with E-state index in [-0.39, 0.29) is 22.6 Å². The summed E-state index contributed by atoms with van der Waals surface area (Å²) in [6, 6.07) is 7.36. The first kappa shape index (κ1) is 23.5. The Morgan fingerprint density at radius 3 is 2.45 bits per heavy atom. The Balaban J connectivity index is 1.74. The molecule has 2 N–H and O–H groups in total. The molecule has 1 saturated carbocycles. The van der Waals surface area contributed by atoms with Crippen LogP contribution in [0.5, 0.6) is 0 Å². The van der Waals surface area contributed by atoms with Gasteiger partial charge in [-0.2, -0.15) is 0 Å². The maximum atomic E-state index is 13.1. The Morgan fingerprint density at radius 1 is 1.21 bits per heavy atom. The monoisotopic (exact) mass is 472 g/mol. The average molecular weight is 473 g/mol. The van der Waals surface area contributed by atoms with Gasteiger partial charge in [0, 0.05) is 12.1 Å². The normalized spacial score (nSPS) is 20.0. The van der Waals surface area contributed by atoms with Gasteiger partial charge in [-0.05, 0) is 49.7 Å². The second-order valence-electron chi connectivity index (χ2n) is 9.23. The third kappa shape index (κ3) is 4.21. The first-order valence-electron chi connectivity index (χ1n) is 11.7. The predicted molar refractivity (Wildman–Crippen MR) is 124 cm³/mol. The third-order valence-electron chi connectivity index (χ3n) is 6.88. The number of benzene rings is 1. The van der Waals surface area contributed by atoms with E-state index in [1.807, 2.05) is 32.0 Å². The molecule has 7 nitrogen and oxygen atoms in total. The van der Waals surface area contributed by atoms with Crippen LogP contribution in [0, 0.1) is 5.92 Å². The molecule has 8 heteroatoms. The number of hydrogen-bond donors (Lipinski definition) is 2. The van der Waals surface area contributed by atoms with Crippen molar-refractivity contribution >= 4 is 15.8 Å². The van der Waals surface area contributed by atoms with Crippen molar-refractivity contribution in [1.82, 2.24) is 9.97 Å². The van der Waals surface area contributed by atoms with Crippen LogP contribution in [0.2, 0.25) is 0 Å². The first-order valence-corrected chi connectivity index (χ1v) is 13.3. The van der Waals surface area contributed by atoms with Crippen LogP contribution in [0.15, 0.2) is 53.1 Å². The molecule has 1 aromatic heterocycles. The second-order valence-corrected chi connectivity index (χ2v) is 11.4. The van der Waals surface area contributed by atoms with Crippen LogP contribution in [-0.4, -0.2) is 35.1 Å². The summed E-state index contributed by atoms with van der Waals surface area (Å²) in [4.78, 5) is 19.7. The van der Waals surface area contributed by atoms with E-state index < -0.39 is 26.7 Å². The fourth-order valence-corrected chi connectivity index (χ4v) is 6.34. The van der Waals surface area contributed by atoms with Gasteiger partial charge in [-0.15, -0.1) is 0 Å². The summed E-state index contributed by atoms with van der Waals surface area (Å²) < 4.78 is 31.9. The van der Waals surface area contributed by atoms with Gasteiger partial charge in [0.15, 0.2) is 10.6 Å². The van der Waals surface area contributed by atoms with Crippen LogP contribution >= 0.6 is 0 Å². The summed E-state index contributed by atoms with van der Waals surface area (Å²) in [5, 5.41) is 10.5. The average Bonchev–Trinajstić information content (AvgIpc) is 3.39. The van der Waals surface area contributed by atoms with Crippen LogP contribution in [0.1, 0.15) is 81.6 Å². The summed E-state index contributed by atoms with van der Waals surface area (Å²) in [7, 11) is -3.67. The van der Waals surface area contributed by atoms with Crippen LogP contribution in [0.25, 0.3) is 0 Å². The van der Waals surface area contributed by atoms with E-state index in [9.17, 15) is 18.3 Å². The number of cyclic esters (lactones) is 1. The number of nitrogens with one attached hydrogen (secondary N) is 1. The number of aromatic nitrogens is 2. The topological polar surface area (TPSA) is 109 Å². The van der Waals surface area contributed by atoms with E-state index in [0.29, 0.717) is 24.0 Å². The van der Waals surface area contributed by atoms with Gasteiger partial charge in [-0.25, -0.2) is 18.2 Å². The zero-order valence-corrected chi connectivity index (χ0v) is 20.2. The molecular formula is C25H32N2O5S. The molecule has 0 radical (unpaired) electrons. The number of sulfone groups is 1. The molecular weight excluding hydrogens is 440 g/mol. The van der Waals surface area contributed by atoms with E-state index in [4.69, 9.17) is 4.74 Å². The van der Waals surface area contributed by atoms with Crippen molar-refractivity contribution in [3.63, 3.8) is 0 Å². The van der Waals surface area contributed by atoms with E-state index in [1.165, 1.54) is 12.5 Å². The molecule has 2 unspecified atom stereocenters. The van der Waals surface area contributed by atoms with E-state index in [1.54, 1.807) is 13.0 Å².